The number of ether oxygens (including phenoxy) is 1. The molecule has 0 fully saturated rings. The number of rotatable bonds is 6. The first-order valence-electron chi connectivity index (χ1n) is 6.47. The van der Waals surface area contributed by atoms with Crippen LogP contribution in [0.25, 0.3) is 0 Å². The number of methoxy groups -OCH3 is 1. The maximum Gasteiger partial charge on any atom is 0.231 e. The molecule has 0 spiro atoms. The van der Waals surface area contributed by atoms with E-state index in [1.54, 1.807) is 7.11 Å². The molecule has 1 rings (SSSR count). The number of aromatic nitrogens is 2. The van der Waals surface area contributed by atoms with Gasteiger partial charge in [-0.25, -0.2) is 0 Å². The number of hydrogen-bond donors (Lipinski definition) is 1. The van der Waals surface area contributed by atoms with Crippen LogP contribution in [0.4, 0.5) is 0 Å². The summed E-state index contributed by atoms with van der Waals surface area (Å²) in [5.74, 6) is 1.35. The molecule has 0 saturated heterocycles. The zero-order chi connectivity index (χ0) is 13.8. The Morgan fingerprint density at radius 3 is 2.50 bits per heavy atom. The van der Waals surface area contributed by atoms with E-state index in [2.05, 4.69) is 30.9 Å². The number of nitrogens with zero attached hydrogens (tertiary/aromatic N) is 2. The molecule has 0 aliphatic heterocycles. The van der Waals surface area contributed by atoms with Gasteiger partial charge in [0.2, 0.25) is 11.7 Å². The molecular weight excluding hydrogens is 230 g/mol. The van der Waals surface area contributed by atoms with Crippen molar-refractivity contribution >= 4 is 0 Å². The molecule has 0 aliphatic carbocycles. The third-order valence-electron chi connectivity index (χ3n) is 2.89. The SMILES string of the molecule is CCC(OC)c1noc(C(CN)CC(C)(C)C)n1. The molecule has 2 atom stereocenters. The van der Waals surface area contributed by atoms with Crippen LogP contribution in [-0.2, 0) is 4.74 Å². The summed E-state index contributed by atoms with van der Waals surface area (Å²) in [6, 6.07) is 0. The monoisotopic (exact) mass is 255 g/mol. The van der Waals surface area contributed by atoms with E-state index in [4.69, 9.17) is 15.0 Å². The fourth-order valence-electron chi connectivity index (χ4n) is 2.01. The van der Waals surface area contributed by atoms with Crippen molar-refractivity contribution in [2.45, 2.75) is 52.6 Å². The van der Waals surface area contributed by atoms with Gasteiger partial charge in [-0.15, -0.1) is 0 Å². The maximum absolute atomic E-state index is 5.80. The van der Waals surface area contributed by atoms with Gasteiger partial charge >= 0.3 is 0 Å². The molecule has 0 radical (unpaired) electrons. The highest BCUT2D eigenvalue weighted by molar-refractivity contribution is 4.98. The first-order valence-corrected chi connectivity index (χ1v) is 6.47. The average molecular weight is 255 g/mol. The van der Waals surface area contributed by atoms with E-state index >= 15 is 0 Å². The molecule has 2 unspecified atom stereocenters. The van der Waals surface area contributed by atoms with Crippen molar-refractivity contribution in [3.63, 3.8) is 0 Å². The largest absolute Gasteiger partial charge is 0.373 e. The van der Waals surface area contributed by atoms with Crippen LogP contribution in [0.15, 0.2) is 4.52 Å². The van der Waals surface area contributed by atoms with Gasteiger partial charge in [-0.1, -0.05) is 32.9 Å². The van der Waals surface area contributed by atoms with Crippen LogP contribution in [-0.4, -0.2) is 23.8 Å². The topological polar surface area (TPSA) is 74.2 Å². The molecule has 0 aliphatic rings. The highest BCUT2D eigenvalue weighted by Gasteiger charge is 2.25. The Balaban J connectivity index is 2.82. The van der Waals surface area contributed by atoms with Crippen molar-refractivity contribution in [2.24, 2.45) is 11.1 Å². The number of hydrogen-bond acceptors (Lipinski definition) is 5. The van der Waals surface area contributed by atoms with Crippen molar-refractivity contribution in [1.82, 2.24) is 10.1 Å². The molecule has 0 aromatic carbocycles. The van der Waals surface area contributed by atoms with Gasteiger partial charge in [-0.2, -0.15) is 4.98 Å². The summed E-state index contributed by atoms with van der Waals surface area (Å²) < 4.78 is 10.6. The molecule has 5 heteroatoms. The normalized spacial score (nSPS) is 15.7. The molecule has 0 saturated carbocycles. The molecule has 0 bridgehead atoms. The molecule has 2 N–H and O–H groups in total. The third-order valence-corrected chi connectivity index (χ3v) is 2.89. The maximum atomic E-state index is 5.80. The Bertz CT molecular complexity index is 353. The smallest absolute Gasteiger partial charge is 0.231 e. The van der Waals surface area contributed by atoms with E-state index in [-0.39, 0.29) is 17.4 Å². The summed E-state index contributed by atoms with van der Waals surface area (Å²) in [7, 11) is 1.65. The van der Waals surface area contributed by atoms with Gasteiger partial charge in [0.25, 0.3) is 0 Å². The van der Waals surface area contributed by atoms with Crippen molar-refractivity contribution in [3.8, 4) is 0 Å². The van der Waals surface area contributed by atoms with Gasteiger partial charge in [-0.05, 0) is 18.3 Å². The molecule has 5 nitrogen and oxygen atoms in total. The Morgan fingerprint density at radius 1 is 1.39 bits per heavy atom. The summed E-state index contributed by atoms with van der Waals surface area (Å²) >= 11 is 0. The van der Waals surface area contributed by atoms with Crippen LogP contribution in [0.2, 0.25) is 0 Å². The zero-order valence-electron chi connectivity index (χ0n) is 12.1. The standard InChI is InChI=1S/C13H25N3O2/c1-6-10(17-5)11-15-12(18-16-11)9(8-14)7-13(2,3)4/h9-10H,6-8,14H2,1-5H3. The van der Waals surface area contributed by atoms with Crippen molar-refractivity contribution < 1.29 is 9.26 Å². The lowest BCUT2D eigenvalue weighted by molar-refractivity contribution is 0.0903. The zero-order valence-corrected chi connectivity index (χ0v) is 12.1. The summed E-state index contributed by atoms with van der Waals surface area (Å²) in [6.45, 7) is 9.08. The predicted molar refractivity (Wildman–Crippen MR) is 70.2 cm³/mol. The van der Waals surface area contributed by atoms with E-state index < -0.39 is 0 Å². The van der Waals surface area contributed by atoms with Crippen LogP contribution < -0.4 is 5.73 Å². The second-order valence-corrected chi connectivity index (χ2v) is 5.82. The molecule has 1 aromatic heterocycles. The minimum Gasteiger partial charge on any atom is -0.373 e. The van der Waals surface area contributed by atoms with Crippen LogP contribution in [0, 0.1) is 5.41 Å². The third kappa shape index (κ3) is 4.07. The van der Waals surface area contributed by atoms with E-state index in [9.17, 15) is 0 Å². The summed E-state index contributed by atoms with van der Waals surface area (Å²) in [4.78, 5) is 4.42. The van der Waals surface area contributed by atoms with E-state index in [0.717, 1.165) is 12.8 Å². The van der Waals surface area contributed by atoms with Crippen LogP contribution in [0.1, 0.15) is 64.3 Å². The second-order valence-electron chi connectivity index (χ2n) is 5.82. The Morgan fingerprint density at radius 2 is 2.06 bits per heavy atom. The lowest BCUT2D eigenvalue weighted by Gasteiger charge is -2.22. The highest BCUT2D eigenvalue weighted by Crippen LogP contribution is 2.30. The first-order chi connectivity index (χ1) is 8.41. The lowest BCUT2D eigenvalue weighted by atomic mass is 9.84. The fraction of sp³-hybridized carbons (Fsp3) is 0.846. The molecule has 1 heterocycles. The summed E-state index contributed by atoms with van der Waals surface area (Å²) in [5, 5.41) is 3.99. The minimum absolute atomic E-state index is 0.101. The van der Waals surface area contributed by atoms with Gasteiger partial charge < -0.3 is 15.0 Å². The fourth-order valence-corrected chi connectivity index (χ4v) is 2.01. The van der Waals surface area contributed by atoms with Gasteiger partial charge in [0.15, 0.2) is 0 Å². The molecule has 18 heavy (non-hydrogen) atoms. The first kappa shape index (κ1) is 15.1. The number of nitrogens with two attached hydrogens (primary N) is 1. The van der Waals surface area contributed by atoms with Crippen LogP contribution in [0.5, 0.6) is 0 Å². The highest BCUT2D eigenvalue weighted by atomic mass is 16.5. The lowest BCUT2D eigenvalue weighted by Crippen LogP contribution is -2.19. The summed E-state index contributed by atoms with van der Waals surface area (Å²) in [5.41, 5.74) is 5.99. The van der Waals surface area contributed by atoms with Crippen molar-refractivity contribution in [3.05, 3.63) is 11.7 Å². The van der Waals surface area contributed by atoms with Crippen LogP contribution in [0.3, 0.4) is 0 Å². The molecule has 1 aromatic rings. The quantitative estimate of drug-likeness (QED) is 0.845. The van der Waals surface area contributed by atoms with Crippen molar-refractivity contribution in [1.29, 1.82) is 0 Å². The van der Waals surface area contributed by atoms with E-state index in [0.29, 0.717) is 18.3 Å². The van der Waals surface area contributed by atoms with Gasteiger partial charge in [0.05, 0.1) is 5.92 Å². The van der Waals surface area contributed by atoms with Gasteiger partial charge in [0, 0.05) is 13.7 Å². The second kappa shape index (κ2) is 6.29. The van der Waals surface area contributed by atoms with Gasteiger partial charge in [0.1, 0.15) is 6.10 Å². The van der Waals surface area contributed by atoms with E-state index in [1.807, 2.05) is 6.92 Å². The Labute approximate surface area is 109 Å². The minimum atomic E-state index is -0.101. The van der Waals surface area contributed by atoms with Crippen molar-refractivity contribution in [2.75, 3.05) is 13.7 Å². The van der Waals surface area contributed by atoms with E-state index in [1.165, 1.54) is 0 Å². The Kier molecular flexibility index (Phi) is 5.28. The average Bonchev–Trinajstić information content (AvgIpc) is 2.76. The molecule has 0 amide bonds. The predicted octanol–water partition coefficient (Wildman–Crippen LogP) is 2.65. The summed E-state index contributed by atoms with van der Waals surface area (Å²) in [6.07, 6.45) is 1.65. The molecular formula is C13H25N3O2. The van der Waals surface area contributed by atoms with Crippen LogP contribution >= 0.6 is 0 Å². The Hall–Kier alpha value is -0.940. The molecule has 104 valence electrons. The van der Waals surface area contributed by atoms with Gasteiger partial charge in [-0.3, -0.25) is 0 Å².